The average molecular weight is 458 g/mol. The van der Waals surface area contributed by atoms with Gasteiger partial charge in [-0.15, -0.1) is 0 Å². The molecule has 3 aromatic heterocycles. The van der Waals surface area contributed by atoms with Gasteiger partial charge in [-0.05, 0) is 49.2 Å². The van der Waals surface area contributed by atoms with Crippen molar-refractivity contribution in [1.82, 2.24) is 24.8 Å². The van der Waals surface area contributed by atoms with E-state index in [0.29, 0.717) is 0 Å². The molecule has 0 amide bonds. The number of hydrogen-bond donors (Lipinski definition) is 1. The van der Waals surface area contributed by atoms with Gasteiger partial charge in [-0.3, -0.25) is 9.88 Å². The third kappa shape index (κ3) is 5.82. The van der Waals surface area contributed by atoms with Crippen LogP contribution in [0.4, 0.5) is 0 Å². The highest BCUT2D eigenvalue weighted by molar-refractivity contribution is 5.95. The molecule has 0 bridgehead atoms. The number of aromatic nitrogens is 3. The molecule has 4 heterocycles. The Hall–Kier alpha value is -3.22. The van der Waals surface area contributed by atoms with E-state index in [1.807, 2.05) is 49.9 Å². The predicted octanol–water partition coefficient (Wildman–Crippen LogP) is 5.07. The highest BCUT2D eigenvalue weighted by Gasteiger charge is 2.15. The van der Waals surface area contributed by atoms with E-state index in [4.69, 9.17) is 4.74 Å². The van der Waals surface area contributed by atoms with E-state index < -0.39 is 0 Å². The van der Waals surface area contributed by atoms with E-state index in [0.717, 1.165) is 40.0 Å². The zero-order chi connectivity index (χ0) is 23.9. The summed E-state index contributed by atoms with van der Waals surface area (Å²) in [6, 6.07) is 12.4. The summed E-state index contributed by atoms with van der Waals surface area (Å²) in [5.74, 6) is 0.875. The zero-order valence-corrected chi connectivity index (χ0v) is 20.7. The summed E-state index contributed by atoms with van der Waals surface area (Å²) in [5, 5.41) is 1.12. The highest BCUT2D eigenvalue weighted by Crippen LogP contribution is 2.34. The number of aryl methyl sites for hydroxylation is 2. The Balaban J connectivity index is 0.000000162. The summed E-state index contributed by atoms with van der Waals surface area (Å²) >= 11 is 0. The van der Waals surface area contributed by atoms with Crippen LogP contribution < -0.4 is 4.74 Å². The maximum absolute atomic E-state index is 5.41. The number of nitrogens with one attached hydrogen (secondary N) is 1. The van der Waals surface area contributed by atoms with Crippen LogP contribution in [0.1, 0.15) is 23.6 Å². The fourth-order valence-corrected chi connectivity index (χ4v) is 4.42. The van der Waals surface area contributed by atoms with Crippen molar-refractivity contribution in [2.75, 3.05) is 39.8 Å². The van der Waals surface area contributed by atoms with Crippen molar-refractivity contribution in [1.29, 1.82) is 0 Å². The molecule has 34 heavy (non-hydrogen) atoms. The highest BCUT2D eigenvalue weighted by atomic mass is 16.5. The minimum atomic E-state index is 0.875. The number of para-hydroxylation sites is 1. The largest absolute Gasteiger partial charge is 0.496 e. The van der Waals surface area contributed by atoms with E-state index >= 15 is 0 Å². The lowest BCUT2D eigenvalue weighted by Crippen LogP contribution is -2.45. The summed E-state index contributed by atoms with van der Waals surface area (Å²) in [5.41, 5.74) is 6.85. The van der Waals surface area contributed by atoms with Crippen LogP contribution in [0.3, 0.4) is 0 Å². The van der Waals surface area contributed by atoms with Gasteiger partial charge in [0.15, 0.2) is 0 Å². The number of H-pyrrole nitrogens is 1. The van der Waals surface area contributed by atoms with E-state index in [1.54, 1.807) is 7.11 Å². The third-order valence-electron chi connectivity index (χ3n) is 6.31. The molecule has 178 valence electrons. The molecular weight excluding hydrogens is 422 g/mol. The van der Waals surface area contributed by atoms with Gasteiger partial charge in [0.05, 0.1) is 7.11 Å². The van der Waals surface area contributed by atoms with Crippen LogP contribution in [0.2, 0.25) is 0 Å². The average Bonchev–Trinajstić information content (AvgIpc) is 3.28. The summed E-state index contributed by atoms with van der Waals surface area (Å²) < 4.78 is 5.41. The molecular formula is C28H35N5O. The molecule has 0 aliphatic carbocycles. The first kappa shape index (κ1) is 23.9. The number of likely N-dealkylation sites (N-methyl/N-ethyl adjacent to an activating group) is 1. The van der Waals surface area contributed by atoms with Crippen molar-refractivity contribution in [3.05, 3.63) is 77.9 Å². The van der Waals surface area contributed by atoms with Crippen LogP contribution in [0.5, 0.6) is 5.75 Å². The third-order valence-corrected chi connectivity index (χ3v) is 6.31. The fraction of sp³-hybridized carbons (Fsp3) is 0.357. The van der Waals surface area contributed by atoms with E-state index in [-0.39, 0.29) is 0 Å². The second-order valence-corrected chi connectivity index (χ2v) is 8.89. The number of fused-ring (bicyclic) bond motifs is 1. The molecule has 1 N–H and O–H groups in total. The van der Waals surface area contributed by atoms with E-state index in [2.05, 4.69) is 56.8 Å². The molecule has 0 unspecified atom stereocenters. The molecule has 5 rings (SSSR count). The molecule has 6 heteroatoms. The van der Waals surface area contributed by atoms with Gasteiger partial charge < -0.3 is 14.6 Å². The smallest absolute Gasteiger partial charge is 0.137 e. The van der Waals surface area contributed by atoms with Gasteiger partial charge in [0.2, 0.25) is 0 Å². The van der Waals surface area contributed by atoms with Gasteiger partial charge in [-0.25, -0.2) is 4.98 Å². The second kappa shape index (κ2) is 11.3. The number of methoxy groups -OCH3 is 1. The van der Waals surface area contributed by atoms with Crippen molar-refractivity contribution in [2.45, 2.75) is 27.3 Å². The fourth-order valence-electron chi connectivity index (χ4n) is 4.42. The lowest BCUT2D eigenvalue weighted by atomic mass is 10.0. The van der Waals surface area contributed by atoms with Crippen LogP contribution in [0.15, 0.2) is 61.2 Å². The Morgan fingerprint density at radius 3 is 2.38 bits per heavy atom. The van der Waals surface area contributed by atoms with E-state index in [1.165, 1.54) is 43.9 Å². The number of pyridine rings is 2. The molecule has 0 radical (unpaired) electrons. The zero-order valence-electron chi connectivity index (χ0n) is 20.7. The summed E-state index contributed by atoms with van der Waals surface area (Å²) in [4.78, 5) is 16.8. The lowest BCUT2D eigenvalue weighted by molar-refractivity contribution is 0.132. The predicted molar refractivity (Wildman–Crippen MR) is 139 cm³/mol. The number of piperazine rings is 1. The second-order valence-electron chi connectivity index (χ2n) is 8.89. The van der Waals surface area contributed by atoms with Gasteiger partial charge in [0.25, 0.3) is 0 Å². The molecule has 1 aromatic carbocycles. The van der Waals surface area contributed by atoms with Gasteiger partial charge in [-0.2, -0.15) is 0 Å². The standard InChI is InChI=1S/C15H14N2O.C13H21N3/c1-10-7-12-13(9-17-15(12)16-8-10)11-5-3-4-6-14(11)18-2;1-3-15-4-6-16(7-5-15)11-13-8-12(2)9-14-10-13/h3-9H,1-2H3,(H,16,17);8-10H,3-7,11H2,1-2H3. The normalized spacial score (nSPS) is 14.6. The maximum atomic E-state index is 5.41. The number of ether oxygens (including phenoxy) is 1. The van der Waals surface area contributed by atoms with Crippen molar-refractivity contribution in [2.24, 2.45) is 0 Å². The number of rotatable bonds is 5. The van der Waals surface area contributed by atoms with Gasteiger partial charge >= 0.3 is 0 Å². The molecule has 0 spiro atoms. The Labute approximate surface area is 202 Å². The van der Waals surface area contributed by atoms with Gasteiger partial charge in [0, 0.05) is 74.0 Å². The molecule has 1 aliphatic rings. The van der Waals surface area contributed by atoms with Crippen LogP contribution in [-0.2, 0) is 6.54 Å². The quantitative estimate of drug-likeness (QED) is 0.453. The van der Waals surface area contributed by atoms with Gasteiger partial charge in [0.1, 0.15) is 11.4 Å². The van der Waals surface area contributed by atoms with Crippen LogP contribution in [0.25, 0.3) is 22.2 Å². The summed E-state index contributed by atoms with van der Waals surface area (Å²) in [6.45, 7) is 13.4. The Morgan fingerprint density at radius 1 is 0.912 bits per heavy atom. The van der Waals surface area contributed by atoms with Crippen molar-refractivity contribution in [3.8, 4) is 16.9 Å². The van der Waals surface area contributed by atoms with Crippen molar-refractivity contribution < 1.29 is 4.74 Å². The first-order valence-electron chi connectivity index (χ1n) is 12.0. The molecule has 4 aromatic rings. The number of aromatic amines is 1. The van der Waals surface area contributed by atoms with Crippen LogP contribution in [-0.4, -0.2) is 64.6 Å². The Kier molecular flexibility index (Phi) is 7.93. The Bertz CT molecular complexity index is 1210. The van der Waals surface area contributed by atoms with Crippen LogP contribution in [0, 0.1) is 13.8 Å². The van der Waals surface area contributed by atoms with Gasteiger partial charge in [-0.1, -0.05) is 31.2 Å². The summed E-state index contributed by atoms with van der Waals surface area (Å²) in [6.07, 6.45) is 7.75. The molecule has 6 nitrogen and oxygen atoms in total. The number of hydrogen-bond acceptors (Lipinski definition) is 5. The minimum Gasteiger partial charge on any atom is -0.496 e. The Morgan fingerprint density at radius 2 is 1.65 bits per heavy atom. The molecule has 1 aliphatic heterocycles. The molecule has 0 saturated carbocycles. The van der Waals surface area contributed by atoms with E-state index in [9.17, 15) is 0 Å². The molecule has 1 saturated heterocycles. The SMILES string of the molecule is CCN1CCN(Cc2cncc(C)c2)CC1.COc1ccccc1-c1c[nH]c2ncc(C)cc12. The molecule has 0 atom stereocenters. The monoisotopic (exact) mass is 457 g/mol. The van der Waals surface area contributed by atoms with Crippen molar-refractivity contribution >= 4 is 11.0 Å². The minimum absolute atomic E-state index is 0.875. The molecule has 1 fully saturated rings. The van der Waals surface area contributed by atoms with Crippen molar-refractivity contribution in [3.63, 3.8) is 0 Å². The number of nitrogens with zero attached hydrogens (tertiary/aromatic N) is 4. The number of benzene rings is 1. The maximum Gasteiger partial charge on any atom is 0.137 e. The first-order valence-corrected chi connectivity index (χ1v) is 12.0. The lowest BCUT2D eigenvalue weighted by Gasteiger charge is -2.33. The van der Waals surface area contributed by atoms with Crippen LogP contribution >= 0.6 is 0 Å². The topological polar surface area (TPSA) is 57.3 Å². The summed E-state index contributed by atoms with van der Waals surface area (Å²) in [7, 11) is 1.69. The first-order chi connectivity index (χ1) is 16.6.